The lowest BCUT2D eigenvalue weighted by molar-refractivity contribution is -0.166. The quantitative estimate of drug-likeness (QED) is 0.146. The highest BCUT2D eigenvalue weighted by atomic mass is 19.1. The van der Waals surface area contributed by atoms with Crippen LogP contribution in [0.2, 0.25) is 0 Å². The normalized spacial score (nSPS) is 23.3. The third-order valence-electron chi connectivity index (χ3n) is 15.2. The second-order valence-corrected chi connectivity index (χ2v) is 21.0. The molecule has 0 saturated carbocycles. The average Bonchev–Trinajstić information content (AvgIpc) is 3.76. The molecule has 10 rings (SSSR count). The third-order valence-corrected chi connectivity index (χ3v) is 15.2. The molecule has 2 aromatic carbocycles. The van der Waals surface area contributed by atoms with Gasteiger partial charge in [0, 0.05) is 58.1 Å². The van der Waals surface area contributed by atoms with Crippen LogP contribution in [0, 0.1) is 17.8 Å². The highest BCUT2D eigenvalue weighted by molar-refractivity contribution is 6.00. The number of likely N-dealkylation sites (tertiary alicyclic amines) is 1. The Morgan fingerprint density at radius 2 is 1.59 bits per heavy atom. The van der Waals surface area contributed by atoms with Crippen molar-refractivity contribution in [1.82, 2.24) is 34.1 Å². The summed E-state index contributed by atoms with van der Waals surface area (Å²) in [6, 6.07) is 16.0. The zero-order valence-electron chi connectivity index (χ0n) is 39.2. The van der Waals surface area contributed by atoms with E-state index in [4.69, 9.17) is 14.5 Å². The molecule has 13 nitrogen and oxygen atoms in total. The Hall–Kier alpha value is -5.18. The zero-order valence-corrected chi connectivity index (χ0v) is 39.2. The first kappa shape index (κ1) is 44.6. The fourth-order valence-electron chi connectivity index (χ4n) is 12.3. The SMILES string of the molecule is Cn1c(=O)n(C2CCC(=O)NC2=O)c2cccc(C3CCN(CC4CCN(c5ccc(C(=CC6CC(C)(C)OC(C)(C)C6)c6ccc7c(c6)c(F)nn7C6CCOCC6)cn5)CC4)CC3)c21. The Bertz CT molecular complexity index is 2700. The smallest absolute Gasteiger partial charge is 0.329 e. The number of carbonyl (C=O) groups is 2. The van der Waals surface area contributed by atoms with E-state index in [1.165, 1.54) is 0 Å². The lowest BCUT2D eigenvalue weighted by Crippen LogP contribution is -2.44. The summed E-state index contributed by atoms with van der Waals surface area (Å²) in [6.07, 6.45) is 12.6. The summed E-state index contributed by atoms with van der Waals surface area (Å²) in [4.78, 5) is 48.3. The maximum atomic E-state index is 15.7. The number of fused-ring (bicyclic) bond motifs is 2. The predicted molar refractivity (Wildman–Crippen MR) is 254 cm³/mol. The number of imidazole rings is 1. The van der Waals surface area contributed by atoms with Gasteiger partial charge in [-0.1, -0.05) is 24.3 Å². The minimum absolute atomic E-state index is 0.126. The van der Waals surface area contributed by atoms with Gasteiger partial charge in [-0.3, -0.25) is 28.7 Å². The van der Waals surface area contributed by atoms with Crippen LogP contribution in [0.5, 0.6) is 0 Å². The lowest BCUT2D eigenvalue weighted by Gasteiger charge is -2.45. The first-order chi connectivity index (χ1) is 31.7. The molecule has 3 aromatic heterocycles. The van der Waals surface area contributed by atoms with Gasteiger partial charge in [0.15, 0.2) is 0 Å². The number of aryl methyl sites for hydroxylation is 1. The lowest BCUT2D eigenvalue weighted by atomic mass is 9.79. The molecule has 8 heterocycles. The molecule has 0 radical (unpaired) electrons. The number of para-hydroxylation sites is 1. The summed E-state index contributed by atoms with van der Waals surface area (Å²) in [5.41, 5.74) is 5.91. The number of amides is 2. The van der Waals surface area contributed by atoms with Crippen molar-refractivity contribution in [3.63, 3.8) is 0 Å². The standard InChI is InChI=1S/C52H65FN8O5/c1-51(2)29-34(30-52(3,4)66-51)27-40(36-9-11-42-41(28-36)48(53)56-61(42)38-19-25-65-26-20-38)37-10-13-45(54-31-37)59-23-15-33(16-24-59)32-58-21-17-35(18-22-58)39-7-6-8-43-47(39)57(5)50(64)60(43)44-12-14-46(62)55-49(44)63/h6-11,13,27-28,31,33-35,38,44H,12,14-26,29-30,32H2,1-5H3,(H,55,62,63). The van der Waals surface area contributed by atoms with E-state index < -0.39 is 17.9 Å². The first-order valence-corrected chi connectivity index (χ1v) is 24.4. The van der Waals surface area contributed by atoms with Crippen LogP contribution in [0.1, 0.15) is 127 Å². The topological polar surface area (TPSA) is 129 Å². The molecule has 5 aromatic rings. The van der Waals surface area contributed by atoms with E-state index in [-0.39, 0.29) is 41.2 Å². The van der Waals surface area contributed by atoms with Gasteiger partial charge in [-0.05, 0) is 163 Å². The van der Waals surface area contributed by atoms with Gasteiger partial charge >= 0.3 is 5.69 Å². The number of imide groups is 1. The minimum atomic E-state index is -0.685. The van der Waals surface area contributed by atoms with Gasteiger partial charge in [0.05, 0.1) is 39.2 Å². The summed E-state index contributed by atoms with van der Waals surface area (Å²) in [7, 11) is 1.79. The molecule has 1 atom stereocenters. The van der Waals surface area contributed by atoms with E-state index in [2.05, 4.69) is 78.3 Å². The molecule has 2 amide bonds. The van der Waals surface area contributed by atoms with E-state index in [0.717, 1.165) is 129 Å². The first-order valence-electron chi connectivity index (χ1n) is 24.4. The number of pyridine rings is 1. The van der Waals surface area contributed by atoms with E-state index in [1.807, 2.05) is 35.1 Å². The van der Waals surface area contributed by atoms with Gasteiger partial charge < -0.3 is 19.3 Å². The molecule has 5 fully saturated rings. The van der Waals surface area contributed by atoms with Gasteiger partial charge in [-0.15, -0.1) is 5.10 Å². The number of carbonyl (C=O) groups excluding carboxylic acids is 2. The van der Waals surface area contributed by atoms with Crippen LogP contribution < -0.4 is 15.9 Å². The highest BCUT2D eigenvalue weighted by Gasteiger charge is 2.39. The molecule has 5 aliphatic heterocycles. The number of aromatic nitrogens is 5. The fraction of sp³-hybridized carbons (Fsp3) is 0.558. The van der Waals surface area contributed by atoms with Crippen molar-refractivity contribution in [2.24, 2.45) is 18.9 Å². The average molecular weight is 901 g/mol. The number of ether oxygens (including phenoxy) is 2. The van der Waals surface area contributed by atoms with E-state index in [0.29, 0.717) is 36.9 Å². The van der Waals surface area contributed by atoms with Gasteiger partial charge in [-0.25, -0.2) is 9.78 Å². The molecule has 0 bridgehead atoms. The number of nitrogens with one attached hydrogen (secondary N) is 1. The van der Waals surface area contributed by atoms with Crippen molar-refractivity contribution >= 4 is 45.1 Å². The van der Waals surface area contributed by atoms with Crippen molar-refractivity contribution in [1.29, 1.82) is 0 Å². The number of nitrogens with zero attached hydrogens (tertiary/aromatic N) is 7. The van der Waals surface area contributed by atoms with Crippen molar-refractivity contribution in [3.8, 4) is 0 Å². The molecule has 0 aliphatic carbocycles. The highest BCUT2D eigenvalue weighted by Crippen LogP contribution is 2.42. The summed E-state index contributed by atoms with van der Waals surface area (Å²) >= 11 is 0. The van der Waals surface area contributed by atoms with Gasteiger partial charge in [0.1, 0.15) is 11.9 Å². The van der Waals surface area contributed by atoms with Crippen molar-refractivity contribution in [2.45, 2.75) is 121 Å². The molecular formula is C52H65FN8O5. The predicted octanol–water partition coefficient (Wildman–Crippen LogP) is 8.06. The molecule has 0 spiro atoms. The molecular weight excluding hydrogens is 836 g/mol. The van der Waals surface area contributed by atoms with E-state index in [1.54, 1.807) is 16.2 Å². The Morgan fingerprint density at radius 1 is 0.864 bits per heavy atom. The maximum absolute atomic E-state index is 15.7. The Labute approximate surface area is 386 Å². The number of anilines is 1. The summed E-state index contributed by atoms with van der Waals surface area (Å²) < 4.78 is 32.9. The number of benzene rings is 2. The third kappa shape index (κ3) is 8.88. The van der Waals surface area contributed by atoms with Crippen molar-refractivity contribution in [3.05, 3.63) is 93.9 Å². The molecule has 66 heavy (non-hydrogen) atoms. The number of piperidine rings is 3. The Morgan fingerprint density at radius 3 is 2.29 bits per heavy atom. The molecule has 350 valence electrons. The summed E-state index contributed by atoms with van der Waals surface area (Å²) in [5, 5.41) is 7.36. The molecule has 1 unspecified atom stereocenters. The van der Waals surface area contributed by atoms with Crippen LogP contribution in [0.15, 0.2) is 65.6 Å². The maximum Gasteiger partial charge on any atom is 0.329 e. The van der Waals surface area contributed by atoms with Crippen LogP contribution in [-0.2, 0) is 26.1 Å². The van der Waals surface area contributed by atoms with Crippen LogP contribution in [0.4, 0.5) is 10.2 Å². The van der Waals surface area contributed by atoms with Gasteiger partial charge in [0.25, 0.3) is 0 Å². The number of halogens is 1. The Balaban J connectivity index is 0.800. The van der Waals surface area contributed by atoms with Crippen LogP contribution in [0.25, 0.3) is 27.5 Å². The van der Waals surface area contributed by atoms with E-state index in [9.17, 15) is 14.4 Å². The van der Waals surface area contributed by atoms with Crippen LogP contribution in [-0.4, -0.2) is 97.8 Å². The van der Waals surface area contributed by atoms with Gasteiger partial charge in [-0.2, -0.15) is 4.39 Å². The van der Waals surface area contributed by atoms with Crippen LogP contribution >= 0.6 is 0 Å². The van der Waals surface area contributed by atoms with Crippen LogP contribution in [0.3, 0.4) is 0 Å². The number of allylic oxidation sites excluding steroid dienone is 1. The molecule has 1 N–H and O–H groups in total. The second-order valence-electron chi connectivity index (χ2n) is 21.0. The van der Waals surface area contributed by atoms with Crippen molar-refractivity contribution in [2.75, 3.05) is 50.8 Å². The van der Waals surface area contributed by atoms with Crippen molar-refractivity contribution < 1.29 is 23.5 Å². The number of hydrogen-bond donors (Lipinski definition) is 1. The number of rotatable bonds is 9. The van der Waals surface area contributed by atoms with E-state index >= 15 is 4.39 Å². The monoisotopic (exact) mass is 901 g/mol. The zero-order chi connectivity index (χ0) is 45.9. The fourth-order valence-corrected chi connectivity index (χ4v) is 12.3. The minimum Gasteiger partial charge on any atom is -0.381 e. The molecule has 5 saturated heterocycles. The largest absolute Gasteiger partial charge is 0.381 e. The summed E-state index contributed by atoms with van der Waals surface area (Å²) in [5.74, 6) is 1.05. The summed E-state index contributed by atoms with van der Waals surface area (Å²) in [6.45, 7) is 15.0. The number of hydrogen-bond acceptors (Lipinski definition) is 9. The Kier molecular flexibility index (Phi) is 12.0. The molecule has 5 aliphatic rings. The second kappa shape index (κ2) is 17.8. The molecule has 14 heteroatoms. The van der Waals surface area contributed by atoms with Gasteiger partial charge in [0.2, 0.25) is 17.8 Å².